The van der Waals surface area contributed by atoms with Gasteiger partial charge >= 0.3 is 5.76 Å². The van der Waals surface area contributed by atoms with E-state index >= 15 is 0 Å². The minimum Gasteiger partial charge on any atom is -0.456 e. The molecule has 3 aromatic rings. The number of para-hydroxylation sites is 2. The second-order valence-electron chi connectivity index (χ2n) is 6.75. The van der Waals surface area contributed by atoms with Gasteiger partial charge in [0.25, 0.3) is 5.91 Å². The molecule has 1 aliphatic heterocycles. The van der Waals surface area contributed by atoms with Crippen molar-refractivity contribution >= 4 is 17.0 Å². The van der Waals surface area contributed by atoms with E-state index in [1.807, 2.05) is 24.3 Å². The SMILES string of the molecule is CCCc1ccc(C(=O)N2CCC(n3c(=O)oc4ccccc43)CC2)o1. The number of likely N-dealkylation sites (tertiary alicyclic amines) is 1. The second kappa shape index (κ2) is 6.86. The van der Waals surface area contributed by atoms with Crippen molar-refractivity contribution in [1.82, 2.24) is 9.47 Å². The van der Waals surface area contributed by atoms with Gasteiger partial charge in [-0.2, -0.15) is 0 Å². The highest BCUT2D eigenvalue weighted by molar-refractivity contribution is 5.91. The Balaban J connectivity index is 1.47. The van der Waals surface area contributed by atoms with Crippen molar-refractivity contribution < 1.29 is 13.6 Å². The summed E-state index contributed by atoms with van der Waals surface area (Å²) in [5.74, 6) is 0.849. The van der Waals surface area contributed by atoms with Gasteiger partial charge in [0.05, 0.1) is 5.52 Å². The molecule has 0 radical (unpaired) electrons. The number of furan rings is 1. The topological polar surface area (TPSA) is 68.6 Å². The number of benzene rings is 1. The van der Waals surface area contributed by atoms with Gasteiger partial charge < -0.3 is 13.7 Å². The normalized spacial score (nSPS) is 15.7. The van der Waals surface area contributed by atoms with Crippen LogP contribution < -0.4 is 5.76 Å². The molecule has 1 amide bonds. The Hall–Kier alpha value is -2.76. The van der Waals surface area contributed by atoms with Crippen LogP contribution >= 0.6 is 0 Å². The summed E-state index contributed by atoms with van der Waals surface area (Å²) in [6.45, 7) is 3.27. The Morgan fingerprint density at radius 1 is 1.12 bits per heavy atom. The number of rotatable bonds is 4. The fourth-order valence-electron chi connectivity index (χ4n) is 3.69. The maximum absolute atomic E-state index is 12.6. The van der Waals surface area contributed by atoms with Gasteiger partial charge in [-0.3, -0.25) is 9.36 Å². The molecular formula is C20H22N2O4. The van der Waals surface area contributed by atoms with Crippen molar-refractivity contribution in [2.75, 3.05) is 13.1 Å². The maximum Gasteiger partial charge on any atom is 0.420 e. The number of hydrogen-bond donors (Lipinski definition) is 0. The predicted molar refractivity (Wildman–Crippen MR) is 97.4 cm³/mol. The number of carbonyl (C=O) groups is 1. The number of aryl methyl sites for hydroxylation is 1. The van der Waals surface area contributed by atoms with Gasteiger partial charge in [0.2, 0.25) is 0 Å². The molecule has 4 rings (SSSR count). The van der Waals surface area contributed by atoms with Gasteiger partial charge in [0.1, 0.15) is 5.76 Å². The summed E-state index contributed by atoms with van der Waals surface area (Å²) >= 11 is 0. The first-order chi connectivity index (χ1) is 12.7. The Morgan fingerprint density at radius 3 is 2.65 bits per heavy atom. The number of fused-ring (bicyclic) bond motifs is 1. The van der Waals surface area contributed by atoms with Crippen molar-refractivity contribution in [3.63, 3.8) is 0 Å². The molecule has 0 bridgehead atoms. The number of oxazole rings is 1. The molecular weight excluding hydrogens is 332 g/mol. The average molecular weight is 354 g/mol. The van der Waals surface area contributed by atoms with E-state index < -0.39 is 0 Å². The van der Waals surface area contributed by atoms with E-state index in [0.717, 1.165) is 37.0 Å². The van der Waals surface area contributed by atoms with Crippen molar-refractivity contribution in [2.24, 2.45) is 0 Å². The lowest BCUT2D eigenvalue weighted by molar-refractivity contribution is 0.0660. The van der Waals surface area contributed by atoms with E-state index in [4.69, 9.17) is 8.83 Å². The number of aromatic nitrogens is 1. The fourth-order valence-corrected chi connectivity index (χ4v) is 3.69. The summed E-state index contributed by atoms with van der Waals surface area (Å²) in [5, 5.41) is 0. The van der Waals surface area contributed by atoms with Crippen molar-refractivity contribution in [1.29, 1.82) is 0 Å². The van der Waals surface area contributed by atoms with Crippen LogP contribution in [0, 0.1) is 0 Å². The number of amides is 1. The first-order valence-electron chi connectivity index (χ1n) is 9.15. The largest absolute Gasteiger partial charge is 0.456 e. The number of nitrogens with zero attached hydrogens (tertiary/aromatic N) is 2. The second-order valence-corrected chi connectivity index (χ2v) is 6.75. The lowest BCUT2D eigenvalue weighted by Gasteiger charge is -2.31. The van der Waals surface area contributed by atoms with E-state index in [1.54, 1.807) is 21.6 Å². The highest BCUT2D eigenvalue weighted by Crippen LogP contribution is 2.26. The highest BCUT2D eigenvalue weighted by Gasteiger charge is 2.28. The molecule has 1 fully saturated rings. The smallest absolute Gasteiger partial charge is 0.420 e. The van der Waals surface area contributed by atoms with Crippen LogP contribution in [0.15, 0.2) is 50.0 Å². The zero-order valence-corrected chi connectivity index (χ0v) is 14.8. The molecule has 0 atom stereocenters. The molecule has 0 aliphatic carbocycles. The van der Waals surface area contributed by atoms with Crippen molar-refractivity contribution in [3.8, 4) is 0 Å². The molecule has 136 valence electrons. The summed E-state index contributed by atoms with van der Waals surface area (Å²) in [6.07, 6.45) is 3.27. The van der Waals surface area contributed by atoms with E-state index in [1.165, 1.54) is 0 Å². The third-order valence-corrected chi connectivity index (χ3v) is 5.00. The van der Waals surface area contributed by atoms with Gasteiger partial charge in [-0.05, 0) is 43.5 Å². The summed E-state index contributed by atoms with van der Waals surface area (Å²) in [5.41, 5.74) is 1.42. The van der Waals surface area contributed by atoms with Gasteiger partial charge in [-0.15, -0.1) is 0 Å². The molecule has 0 saturated carbocycles. The Morgan fingerprint density at radius 2 is 1.88 bits per heavy atom. The molecule has 6 heteroatoms. The van der Waals surface area contributed by atoms with E-state index in [9.17, 15) is 9.59 Å². The van der Waals surface area contributed by atoms with Crippen LogP contribution in [-0.4, -0.2) is 28.5 Å². The zero-order valence-electron chi connectivity index (χ0n) is 14.8. The summed E-state index contributed by atoms with van der Waals surface area (Å²) in [4.78, 5) is 26.7. The molecule has 26 heavy (non-hydrogen) atoms. The molecule has 1 aliphatic rings. The lowest BCUT2D eigenvalue weighted by Crippen LogP contribution is -2.40. The molecule has 2 aromatic heterocycles. The van der Waals surface area contributed by atoms with Crippen LogP contribution in [0.25, 0.3) is 11.1 Å². The molecule has 1 saturated heterocycles. The van der Waals surface area contributed by atoms with Crippen LogP contribution in [0.2, 0.25) is 0 Å². The monoisotopic (exact) mass is 354 g/mol. The van der Waals surface area contributed by atoms with E-state index in [-0.39, 0.29) is 17.7 Å². The van der Waals surface area contributed by atoms with Crippen LogP contribution in [0.3, 0.4) is 0 Å². The van der Waals surface area contributed by atoms with Crippen LogP contribution in [0.4, 0.5) is 0 Å². The summed E-state index contributed by atoms with van der Waals surface area (Å²) < 4.78 is 12.7. The third kappa shape index (κ3) is 2.96. The highest BCUT2D eigenvalue weighted by atomic mass is 16.4. The van der Waals surface area contributed by atoms with Crippen molar-refractivity contribution in [2.45, 2.75) is 38.6 Å². The van der Waals surface area contributed by atoms with E-state index in [2.05, 4.69) is 6.92 Å². The third-order valence-electron chi connectivity index (χ3n) is 5.00. The summed E-state index contributed by atoms with van der Waals surface area (Å²) in [7, 11) is 0. The number of piperidine rings is 1. The van der Waals surface area contributed by atoms with Gasteiger partial charge in [-0.25, -0.2) is 4.79 Å². The standard InChI is InChI=1S/C20H22N2O4/c1-2-5-15-8-9-18(25-15)19(23)21-12-10-14(11-13-21)22-16-6-3-4-7-17(16)26-20(22)24/h3-4,6-9,14H,2,5,10-13H2,1H3. The minimum absolute atomic E-state index is 0.0439. The fraction of sp³-hybridized carbons (Fsp3) is 0.400. The summed E-state index contributed by atoms with van der Waals surface area (Å²) in [6, 6.07) is 11.1. The molecule has 0 N–H and O–H groups in total. The van der Waals surface area contributed by atoms with E-state index in [0.29, 0.717) is 24.4 Å². The van der Waals surface area contributed by atoms with Crippen LogP contribution in [0.1, 0.15) is 48.5 Å². The molecule has 1 aromatic carbocycles. The lowest BCUT2D eigenvalue weighted by atomic mass is 10.0. The number of hydrogen-bond acceptors (Lipinski definition) is 4. The Labute approximate surface area is 151 Å². The molecule has 0 unspecified atom stereocenters. The average Bonchev–Trinajstić information content (AvgIpc) is 3.25. The Kier molecular flexibility index (Phi) is 4.41. The van der Waals surface area contributed by atoms with Gasteiger partial charge in [-0.1, -0.05) is 19.1 Å². The quantitative estimate of drug-likeness (QED) is 0.718. The molecule has 3 heterocycles. The first-order valence-corrected chi connectivity index (χ1v) is 9.15. The van der Waals surface area contributed by atoms with Gasteiger partial charge in [0.15, 0.2) is 11.3 Å². The first kappa shape index (κ1) is 16.7. The molecule has 6 nitrogen and oxygen atoms in total. The van der Waals surface area contributed by atoms with Crippen LogP contribution in [0.5, 0.6) is 0 Å². The predicted octanol–water partition coefficient (Wildman–Crippen LogP) is 3.62. The minimum atomic E-state index is -0.328. The Bertz CT molecular complexity index is 973. The zero-order chi connectivity index (χ0) is 18.1. The number of carbonyl (C=O) groups excluding carboxylic acids is 1. The maximum atomic E-state index is 12.6. The van der Waals surface area contributed by atoms with Crippen LogP contribution in [-0.2, 0) is 6.42 Å². The van der Waals surface area contributed by atoms with Crippen molar-refractivity contribution in [3.05, 3.63) is 58.5 Å². The molecule has 0 spiro atoms. The van der Waals surface area contributed by atoms with Gasteiger partial charge in [0, 0.05) is 25.6 Å².